The van der Waals surface area contributed by atoms with Gasteiger partial charge in [0.05, 0.1) is 35.1 Å². The highest BCUT2D eigenvalue weighted by Crippen LogP contribution is 2.26. The molecule has 1 aromatic carbocycles. The zero-order chi connectivity index (χ0) is 13.0. The number of anilines is 1. The van der Waals surface area contributed by atoms with Crippen LogP contribution in [0, 0.1) is 0 Å². The molecule has 0 radical (unpaired) electrons. The number of halogens is 2. The number of hydrogen-bond donors (Lipinski definition) is 2. The second-order valence-electron chi connectivity index (χ2n) is 3.78. The molecule has 0 spiro atoms. The maximum atomic E-state index is 8.79. The Bertz CT molecular complexity index is 528. The van der Waals surface area contributed by atoms with Crippen LogP contribution in [-0.4, -0.2) is 21.5 Å². The number of benzene rings is 1. The number of rotatable bonds is 5. The van der Waals surface area contributed by atoms with Crippen molar-refractivity contribution >= 4 is 28.9 Å². The molecule has 0 saturated heterocycles. The molecule has 0 saturated carbocycles. The molecule has 4 nitrogen and oxygen atoms in total. The van der Waals surface area contributed by atoms with Gasteiger partial charge in [0.15, 0.2) is 0 Å². The van der Waals surface area contributed by atoms with Gasteiger partial charge in [-0.25, -0.2) is 0 Å². The van der Waals surface area contributed by atoms with Crippen molar-refractivity contribution in [2.45, 2.75) is 13.1 Å². The predicted octanol–water partition coefficient (Wildman–Crippen LogP) is 2.79. The Morgan fingerprint density at radius 3 is 2.94 bits per heavy atom. The maximum absolute atomic E-state index is 8.79. The van der Waals surface area contributed by atoms with Gasteiger partial charge in [-0.15, -0.1) is 0 Å². The third-order valence-electron chi connectivity index (χ3n) is 2.48. The lowest BCUT2D eigenvalue weighted by atomic mass is 10.2. The van der Waals surface area contributed by atoms with E-state index in [0.29, 0.717) is 23.1 Å². The molecule has 18 heavy (non-hydrogen) atoms. The zero-order valence-corrected chi connectivity index (χ0v) is 11.1. The average molecular weight is 286 g/mol. The second-order valence-corrected chi connectivity index (χ2v) is 4.57. The highest BCUT2D eigenvalue weighted by Gasteiger charge is 2.04. The van der Waals surface area contributed by atoms with Gasteiger partial charge in [-0.2, -0.15) is 5.10 Å². The van der Waals surface area contributed by atoms with E-state index in [9.17, 15) is 0 Å². The van der Waals surface area contributed by atoms with E-state index in [1.807, 2.05) is 18.3 Å². The Morgan fingerprint density at radius 1 is 1.33 bits per heavy atom. The first kappa shape index (κ1) is 13.2. The normalized spacial score (nSPS) is 10.6. The molecular weight excluding hydrogens is 273 g/mol. The smallest absolute Gasteiger partial charge is 0.0729 e. The molecule has 2 aromatic rings. The molecule has 0 atom stereocenters. The van der Waals surface area contributed by atoms with E-state index in [1.165, 1.54) is 0 Å². The second kappa shape index (κ2) is 6.09. The molecule has 0 aliphatic heterocycles. The first-order valence-electron chi connectivity index (χ1n) is 5.51. The number of nitrogens with one attached hydrogen (secondary N) is 1. The van der Waals surface area contributed by atoms with Gasteiger partial charge in [-0.05, 0) is 11.6 Å². The Kier molecular flexibility index (Phi) is 4.47. The quantitative estimate of drug-likeness (QED) is 0.888. The summed E-state index contributed by atoms with van der Waals surface area (Å²) in [6, 6.07) is 5.53. The van der Waals surface area contributed by atoms with Crippen molar-refractivity contribution in [2.75, 3.05) is 11.9 Å². The summed E-state index contributed by atoms with van der Waals surface area (Å²) in [6.07, 6.45) is 3.53. The molecular formula is C12H13Cl2N3O. The highest BCUT2D eigenvalue weighted by molar-refractivity contribution is 6.42. The van der Waals surface area contributed by atoms with Gasteiger partial charge in [0.2, 0.25) is 0 Å². The summed E-state index contributed by atoms with van der Waals surface area (Å²) in [5, 5.41) is 17.2. The van der Waals surface area contributed by atoms with Crippen LogP contribution in [0.2, 0.25) is 10.0 Å². The summed E-state index contributed by atoms with van der Waals surface area (Å²) in [5.41, 5.74) is 1.80. The Morgan fingerprint density at radius 2 is 2.17 bits per heavy atom. The lowest BCUT2D eigenvalue weighted by Crippen LogP contribution is -2.02. The van der Waals surface area contributed by atoms with Crippen molar-refractivity contribution in [1.29, 1.82) is 0 Å². The van der Waals surface area contributed by atoms with E-state index in [1.54, 1.807) is 16.9 Å². The highest BCUT2D eigenvalue weighted by atomic mass is 35.5. The molecule has 2 rings (SSSR count). The number of aromatic nitrogens is 2. The third-order valence-corrected chi connectivity index (χ3v) is 3.33. The van der Waals surface area contributed by atoms with Crippen molar-refractivity contribution in [2.24, 2.45) is 0 Å². The van der Waals surface area contributed by atoms with E-state index in [0.717, 1.165) is 11.3 Å². The fourth-order valence-electron chi connectivity index (χ4n) is 1.56. The number of nitrogens with zero attached hydrogens (tertiary/aromatic N) is 2. The minimum atomic E-state index is 0.0707. The third kappa shape index (κ3) is 3.16. The minimum absolute atomic E-state index is 0.0707. The summed E-state index contributed by atoms with van der Waals surface area (Å²) in [7, 11) is 0. The lowest BCUT2D eigenvalue weighted by Gasteiger charge is -2.06. The van der Waals surface area contributed by atoms with Crippen LogP contribution in [0.4, 0.5) is 5.69 Å². The molecule has 0 aliphatic carbocycles. The van der Waals surface area contributed by atoms with Crippen molar-refractivity contribution < 1.29 is 5.11 Å². The monoisotopic (exact) mass is 285 g/mol. The van der Waals surface area contributed by atoms with Gasteiger partial charge in [0, 0.05) is 12.7 Å². The largest absolute Gasteiger partial charge is 0.394 e. The van der Waals surface area contributed by atoms with Crippen LogP contribution in [-0.2, 0) is 13.1 Å². The fraction of sp³-hybridized carbons (Fsp3) is 0.250. The summed E-state index contributed by atoms with van der Waals surface area (Å²) < 4.78 is 1.67. The van der Waals surface area contributed by atoms with Crippen molar-refractivity contribution in [3.63, 3.8) is 0 Å². The van der Waals surface area contributed by atoms with Crippen LogP contribution in [0.15, 0.2) is 30.6 Å². The van der Waals surface area contributed by atoms with Gasteiger partial charge in [-0.3, -0.25) is 4.68 Å². The minimum Gasteiger partial charge on any atom is -0.394 e. The Hall–Kier alpha value is -1.23. The van der Waals surface area contributed by atoms with Gasteiger partial charge < -0.3 is 10.4 Å². The molecule has 2 N–H and O–H groups in total. The van der Waals surface area contributed by atoms with Crippen LogP contribution in [0.1, 0.15) is 5.56 Å². The van der Waals surface area contributed by atoms with E-state index in [4.69, 9.17) is 28.3 Å². The standard InChI is InChI=1S/C12H13Cl2N3O/c13-11-3-1-2-9(12(11)14)6-15-10-7-16-17(8-10)4-5-18/h1-3,7-8,15,18H,4-6H2. The van der Waals surface area contributed by atoms with Crippen molar-refractivity contribution in [1.82, 2.24) is 9.78 Å². The first-order valence-corrected chi connectivity index (χ1v) is 6.26. The van der Waals surface area contributed by atoms with Crippen LogP contribution in [0.3, 0.4) is 0 Å². The maximum Gasteiger partial charge on any atom is 0.0729 e. The van der Waals surface area contributed by atoms with E-state index < -0.39 is 0 Å². The van der Waals surface area contributed by atoms with E-state index in [-0.39, 0.29) is 6.61 Å². The fourth-order valence-corrected chi connectivity index (χ4v) is 1.95. The van der Waals surface area contributed by atoms with Crippen molar-refractivity contribution in [3.8, 4) is 0 Å². The predicted molar refractivity (Wildman–Crippen MR) is 73.1 cm³/mol. The SMILES string of the molecule is OCCn1cc(NCc2cccc(Cl)c2Cl)cn1. The summed E-state index contributed by atoms with van der Waals surface area (Å²) in [4.78, 5) is 0. The van der Waals surface area contributed by atoms with Crippen LogP contribution < -0.4 is 5.32 Å². The molecule has 0 unspecified atom stereocenters. The molecule has 96 valence electrons. The zero-order valence-electron chi connectivity index (χ0n) is 9.61. The summed E-state index contributed by atoms with van der Waals surface area (Å²) in [5.74, 6) is 0. The average Bonchev–Trinajstić information content (AvgIpc) is 2.79. The topological polar surface area (TPSA) is 50.1 Å². The van der Waals surface area contributed by atoms with Gasteiger partial charge in [-0.1, -0.05) is 35.3 Å². The first-order chi connectivity index (χ1) is 8.70. The molecule has 0 aliphatic rings. The number of aliphatic hydroxyl groups excluding tert-OH is 1. The van der Waals surface area contributed by atoms with E-state index in [2.05, 4.69) is 10.4 Å². The molecule has 0 bridgehead atoms. The molecule has 1 heterocycles. The lowest BCUT2D eigenvalue weighted by molar-refractivity contribution is 0.269. The molecule has 0 amide bonds. The Balaban J connectivity index is 2.00. The number of hydrogen-bond acceptors (Lipinski definition) is 3. The molecule has 6 heteroatoms. The number of aliphatic hydroxyl groups is 1. The molecule has 0 fully saturated rings. The van der Waals surface area contributed by atoms with Gasteiger partial charge in [0.25, 0.3) is 0 Å². The summed E-state index contributed by atoms with van der Waals surface area (Å²) >= 11 is 12.0. The van der Waals surface area contributed by atoms with Crippen LogP contribution in [0.25, 0.3) is 0 Å². The van der Waals surface area contributed by atoms with Crippen LogP contribution in [0.5, 0.6) is 0 Å². The van der Waals surface area contributed by atoms with Crippen LogP contribution >= 0.6 is 23.2 Å². The Labute approximate surface area is 115 Å². The molecule has 1 aromatic heterocycles. The van der Waals surface area contributed by atoms with Gasteiger partial charge in [0.1, 0.15) is 0 Å². The summed E-state index contributed by atoms with van der Waals surface area (Å²) in [6.45, 7) is 1.13. The van der Waals surface area contributed by atoms with E-state index >= 15 is 0 Å². The van der Waals surface area contributed by atoms with Crippen molar-refractivity contribution in [3.05, 3.63) is 46.2 Å². The van der Waals surface area contributed by atoms with Gasteiger partial charge >= 0.3 is 0 Å².